The first kappa shape index (κ1) is 6.82. The van der Waals surface area contributed by atoms with E-state index in [2.05, 4.69) is 9.97 Å². The van der Waals surface area contributed by atoms with Crippen LogP contribution >= 0.6 is 22.9 Å². The lowest BCUT2D eigenvalue weighted by atomic mass is 10.4. The topological polar surface area (TPSA) is 51.8 Å². The van der Waals surface area contributed by atoms with Gasteiger partial charge in [-0.15, -0.1) is 0 Å². The van der Waals surface area contributed by atoms with Gasteiger partial charge in [-0.05, 0) is 6.07 Å². The van der Waals surface area contributed by atoms with Crippen molar-refractivity contribution in [2.75, 3.05) is 5.73 Å². The zero-order valence-electron chi connectivity index (χ0n) is 5.41. The molecule has 0 unspecified atom stereocenters. The van der Waals surface area contributed by atoms with Gasteiger partial charge in [0.1, 0.15) is 10.3 Å². The number of hydrogen-bond donors (Lipinski definition) is 1. The van der Waals surface area contributed by atoms with Gasteiger partial charge in [0.15, 0.2) is 4.47 Å². The van der Waals surface area contributed by atoms with E-state index in [1.165, 1.54) is 11.3 Å². The van der Waals surface area contributed by atoms with E-state index < -0.39 is 0 Å². The second-order valence-corrected chi connectivity index (χ2v) is 3.62. The fourth-order valence-corrected chi connectivity index (χ4v) is 1.74. The molecule has 0 radical (unpaired) electrons. The molecule has 0 aromatic carbocycles. The van der Waals surface area contributed by atoms with Gasteiger partial charge in [0.2, 0.25) is 0 Å². The molecule has 0 amide bonds. The molecule has 0 fully saturated rings. The van der Waals surface area contributed by atoms with Crippen molar-refractivity contribution < 1.29 is 0 Å². The van der Waals surface area contributed by atoms with E-state index in [-0.39, 0.29) is 0 Å². The van der Waals surface area contributed by atoms with Gasteiger partial charge < -0.3 is 5.73 Å². The smallest absolute Gasteiger partial charge is 0.186 e. The first-order chi connectivity index (χ1) is 5.25. The van der Waals surface area contributed by atoms with E-state index >= 15 is 0 Å². The highest BCUT2D eigenvalue weighted by molar-refractivity contribution is 7.21. The monoisotopic (exact) mass is 185 g/mol. The van der Waals surface area contributed by atoms with Gasteiger partial charge in [0.05, 0.1) is 11.9 Å². The minimum Gasteiger partial charge on any atom is -0.397 e. The van der Waals surface area contributed by atoms with Gasteiger partial charge >= 0.3 is 0 Å². The summed E-state index contributed by atoms with van der Waals surface area (Å²) in [4.78, 5) is 8.89. The predicted molar refractivity (Wildman–Crippen MR) is 46.8 cm³/mol. The molecule has 2 rings (SSSR count). The Morgan fingerprint density at radius 1 is 1.55 bits per heavy atom. The lowest BCUT2D eigenvalue weighted by Gasteiger charge is -1.88. The average molecular weight is 186 g/mol. The number of rotatable bonds is 0. The molecule has 0 saturated heterocycles. The molecule has 11 heavy (non-hydrogen) atoms. The number of fused-ring (bicyclic) bond motifs is 1. The number of halogens is 1. The maximum atomic E-state index is 5.66. The largest absolute Gasteiger partial charge is 0.397 e. The van der Waals surface area contributed by atoms with Crippen LogP contribution in [0, 0.1) is 0 Å². The molecule has 5 heteroatoms. The Hall–Kier alpha value is -0.870. The molecule has 2 N–H and O–H groups in total. The average Bonchev–Trinajstić information content (AvgIpc) is 2.27. The Morgan fingerprint density at radius 3 is 3.18 bits per heavy atom. The fourth-order valence-electron chi connectivity index (χ4n) is 0.812. The van der Waals surface area contributed by atoms with Crippen molar-refractivity contribution in [2.24, 2.45) is 0 Å². The van der Waals surface area contributed by atoms with Crippen molar-refractivity contribution >= 4 is 39.0 Å². The number of nitrogens with zero attached hydrogens (tertiary/aromatic N) is 2. The van der Waals surface area contributed by atoms with Crippen molar-refractivity contribution in [1.82, 2.24) is 9.97 Å². The van der Waals surface area contributed by atoms with Crippen LogP contribution in [0.1, 0.15) is 0 Å². The van der Waals surface area contributed by atoms with Crippen LogP contribution in [0.25, 0.3) is 10.3 Å². The number of nitrogen functional groups attached to an aromatic ring is 1. The molecule has 0 atom stereocenters. The van der Waals surface area contributed by atoms with Crippen molar-refractivity contribution in [2.45, 2.75) is 0 Å². The summed E-state index contributed by atoms with van der Waals surface area (Å²) in [5.41, 5.74) is 6.87. The standard InChI is InChI=1S/C6H4ClN3S/c7-6-10-4-1-3(8)2-9-5(4)11-6/h1-2H,8H2. The summed E-state index contributed by atoms with van der Waals surface area (Å²) < 4.78 is 0.498. The molecule has 2 aromatic rings. The maximum absolute atomic E-state index is 5.66. The molecular formula is C6H4ClN3S. The molecule has 0 spiro atoms. The molecule has 2 aromatic heterocycles. The van der Waals surface area contributed by atoms with Crippen LogP contribution in [0.15, 0.2) is 12.3 Å². The molecule has 56 valence electrons. The quantitative estimate of drug-likeness (QED) is 0.683. The molecule has 0 bridgehead atoms. The van der Waals surface area contributed by atoms with Gasteiger partial charge in [0, 0.05) is 0 Å². The minimum absolute atomic E-state index is 0.498. The third-order valence-electron chi connectivity index (χ3n) is 1.24. The number of hydrogen-bond acceptors (Lipinski definition) is 4. The lowest BCUT2D eigenvalue weighted by molar-refractivity contribution is 1.41. The van der Waals surface area contributed by atoms with Crippen molar-refractivity contribution in [3.8, 4) is 0 Å². The highest BCUT2D eigenvalue weighted by Gasteiger charge is 2.01. The summed E-state index contributed by atoms with van der Waals surface area (Å²) in [5.74, 6) is 0. The molecule has 0 aliphatic carbocycles. The third-order valence-corrected chi connectivity index (χ3v) is 2.33. The highest BCUT2D eigenvalue weighted by Crippen LogP contribution is 2.24. The van der Waals surface area contributed by atoms with Gasteiger partial charge in [-0.2, -0.15) is 0 Å². The van der Waals surface area contributed by atoms with Crippen LogP contribution in [0.3, 0.4) is 0 Å². The summed E-state index contributed by atoms with van der Waals surface area (Å²) >= 11 is 7.01. The van der Waals surface area contributed by atoms with E-state index in [1.807, 2.05) is 0 Å². The molecular weight excluding hydrogens is 182 g/mol. The second-order valence-electron chi connectivity index (χ2n) is 2.06. The fraction of sp³-hybridized carbons (Fsp3) is 0. The van der Waals surface area contributed by atoms with E-state index in [9.17, 15) is 0 Å². The molecule has 0 saturated carbocycles. The molecule has 0 aliphatic heterocycles. The maximum Gasteiger partial charge on any atom is 0.186 e. The predicted octanol–water partition coefficient (Wildman–Crippen LogP) is 1.93. The number of aromatic nitrogens is 2. The first-order valence-corrected chi connectivity index (χ1v) is 4.13. The van der Waals surface area contributed by atoms with Crippen molar-refractivity contribution in [3.05, 3.63) is 16.7 Å². The Kier molecular flexibility index (Phi) is 1.44. The molecule has 3 nitrogen and oxygen atoms in total. The lowest BCUT2D eigenvalue weighted by Crippen LogP contribution is -1.84. The zero-order valence-corrected chi connectivity index (χ0v) is 6.99. The number of nitrogens with two attached hydrogens (primary N) is 1. The van der Waals surface area contributed by atoms with Crippen LogP contribution in [-0.4, -0.2) is 9.97 Å². The summed E-state index contributed by atoms with van der Waals surface area (Å²) in [6.07, 6.45) is 1.59. The molecule has 0 aliphatic rings. The number of pyridine rings is 1. The van der Waals surface area contributed by atoms with E-state index in [0.29, 0.717) is 10.2 Å². The Balaban J connectivity index is 2.82. The summed E-state index contributed by atoms with van der Waals surface area (Å²) in [7, 11) is 0. The summed E-state index contributed by atoms with van der Waals surface area (Å²) in [5, 5.41) is 0. The Labute approximate surface area is 71.8 Å². The van der Waals surface area contributed by atoms with Crippen LogP contribution in [0.2, 0.25) is 4.47 Å². The normalized spacial score (nSPS) is 10.6. The zero-order chi connectivity index (χ0) is 7.84. The second kappa shape index (κ2) is 2.32. The highest BCUT2D eigenvalue weighted by atomic mass is 35.5. The third kappa shape index (κ3) is 1.15. The summed E-state index contributed by atoms with van der Waals surface area (Å²) in [6.45, 7) is 0. The SMILES string of the molecule is Nc1cnc2sc(Cl)nc2c1. The van der Waals surface area contributed by atoms with Crippen molar-refractivity contribution in [3.63, 3.8) is 0 Å². The van der Waals surface area contributed by atoms with Gasteiger partial charge in [-0.1, -0.05) is 22.9 Å². The minimum atomic E-state index is 0.498. The van der Waals surface area contributed by atoms with Crippen LogP contribution in [0.4, 0.5) is 5.69 Å². The van der Waals surface area contributed by atoms with Crippen LogP contribution in [-0.2, 0) is 0 Å². The van der Waals surface area contributed by atoms with Crippen LogP contribution < -0.4 is 5.73 Å². The first-order valence-electron chi connectivity index (χ1n) is 2.93. The van der Waals surface area contributed by atoms with Gasteiger partial charge in [0.25, 0.3) is 0 Å². The van der Waals surface area contributed by atoms with E-state index in [0.717, 1.165) is 10.3 Å². The Bertz CT molecular complexity index is 398. The summed E-state index contributed by atoms with van der Waals surface area (Å²) in [6, 6.07) is 1.75. The number of anilines is 1. The molecule has 2 heterocycles. The van der Waals surface area contributed by atoms with Gasteiger partial charge in [-0.25, -0.2) is 9.97 Å². The van der Waals surface area contributed by atoms with Crippen LogP contribution in [0.5, 0.6) is 0 Å². The Morgan fingerprint density at radius 2 is 2.36 bits per heavy atom. The van der Waals surface area contributed by atoms with Crippen molar-refractivity contribution in [1.29, 1.82) is 0 Å². The van der Waals surface area contributed by atoms with E-state index in [1.54, 1.807) is 12.3 Å². The number of thiazole rings is 1. The van der Waals surface area contributed by atoms with Gasteiger partial charge in [-0.3, -0.25) is 0 Å². The van der Waals surface area contributed by atoms with E-state index in [4.69, 9.17) is 17.3 Å².